The first-order chi connectivity index (χ1) is 14.3. The molecule has 1 aromatic carbocycles. The number of fused-ring (bicyclic) bond motifs is 1. The standard InChI is InChI=1S/C21H18F3N3O3/c22-21(23,24)14-4-6-18(26-12-14)16(11-25)19(28)2-1-9-30-15-5-7-17-13(10-15)3-8-20(29)27-17/h4-7,10,12,16H,1-3,8-9H2,(H,27,29). The third kappa shape index (κ3) is 5.14. The number of nitriles is 1. The number of rotatable bonds is 7. The number of carbonyl (C=O) groups excluding carboxylic acids is 2. The number of hydrogen-bond acceptors (Lipinski definition) is 5. The Balaban J connectivity index is 1.51. The van der Waals surface area contributed by atoms with E-state index in [1.54, 1.807) is 18.2 Å². The lowest BCUT2D eigenvalue weighted by Gasteiger charge is -2.17. The van der Waals surface area contributed by atoms with Gasteiger partial charge in [0.1, 0.15) is 11.7 Å². The van der Waals surface area contributed by atoms with E-state index in [4.69, 9.17) is 4.74 Å². The Morgan fingerprint density at radius 1 is 1.27 bits per heavy atom. The van der Waals surface area contributed by atoms with Gasteiger partial charge in [-0.1, -0.05) is 0 Å². The van der Waals surface area contributed by atoms with Crippen LogP contribution in [-0.4, -0.2) is 23.3 Å². The molecule has 1 aromatic heterocycles. The van der Waals surface area contributed by atoms with Gasteiger partial charge in [-0.05, 0) is 48.7 Å². The summed E-state index contributed by atoms with van der Waals surface area (Å²) in [7, 11) is 0. The molecule has 0 fully saturated rings. The number of ether oxygens (including phenoxy) is 1. The number of anilines is 1. The van der Waals surface area contributed by atoms with Gasteiger partial charge >= 0.3 is 6.18 Å². The molecule has 0 saturated heterocycles. The molecule has 3 rings (SSSR count). The third-order valence-electron chi connectivity index (χ3n) is 4.67. The van der Waals surface area contributed by atoms with Crippen LogP contribution in [0, 0.1) is 11.3 Å². The number of hydrogen-bond donors (Lipinski definition) is 1. The van der Waals surface area contributed by atoms with Crippen LogP contribution in [0.2, 0.25) is 0 Å². The number of benzene rings is 1. The normalized spacial score (nSPS) is 14.3. The van der Waals surface area contributed by atoms with Crippen molar-refractivity contribution < 1.29 is 27.5 Å². The van der Waals surface area contributed by atoms with Crippen molar-refractivity contribution in [3.05, 3.63) is 53.3 Å². The fourth-order valence-corrected chi connectivity index (χ4v) is 3.08. The summed E-state index contributed by atoms with van der Waals surface area (Å²) in [5.41, 5.74) is 0.789. The highest BCUT2D eigenvalue weighted by molar-refractivity contribution is 5.94. The van der Waals surface area contributed by atoms with Crippen molar-refractivity contribution in [2.45, 2.75) is 37.8 Å². The number of halogens is 3. The van der Waals surface area contributed by atoms with Crippen molar-refractivity contribution in [1.82, 2.24) is 4.98 Å². The lowest BCUT2D eigenvalue weighted by Crippen LogP contribution is -2.18. The van der Waals surface area contributed by atoms with Gasteiger partial charge in [0.15, 0.2) is 5.78 Å². The smallest absolute Gasteiger partial charge is 0.417 e. The van der Waals surface area contributed by atoms with Crippen LogP contribution in [0.25, 0.3) is 0 Å². The number of aryl methyl sites for hydroxylation is 1. The molecule has 2 heterocycles. The quantitative estimate of drug-likeness (QED) is 0.687. The number of nitrogens with zero attached hydrogens (tertiary/aromatic N) is 2. The molecular formula is C21H18F3N3O3. The SMILES string of the molecule is N#CC(C(=O)CCCOc1ccc2c(c1)CCC(=O)N2)c1ccc(C(F)(F)F)cn1. The number of amides is 1. The monoisotopic (exact) mass is 417 g/mol. The second-order valence-electron chi connectivity index (χ2n) is 6.82. The van der Waals surface area contributed by atoms with Crippen molar-refractivity contribution in [3.63, 3.8) is 0 Å². The molecule has 1 atom stereocenters. The van der Waals surface area contributed by atoms with Gasteiger partial charge in [-0.2, -0.15) is 18.4 Å². The molecule has 0 aliphatic carbocycles. The fraction of sp³-hybridized carbons (Fsp3) is 0.333. The van der Waals surface area contributed by atoms with E-state index in [9.17, 15) is 28.0 Å². The highest BCUT2D eigenvalue weighted by Crippen LogP contribution is 2.30. The molecule has 1 aliphatic rings. The second-order valence-corrected chi connectivity index (χ2v) is 6.82. The Hall–Kier alpha value is -3.41. The minimum Gasteiger partial charge on any atom is -0.494 e. The topological polar surface area (TPSA) is 92.1 Å². The van der Waals surface area contributed by atoms with E-state index in [0.717, 1.165) is 23.4 Å². The number of alkyl halides is 3. The van der Waals surface area contributed by atoms with Crippen LogP contribution in [-0.2, 0) is 22.2 Å². The van der Waals surface area contributed by atoms with Crippen molar-refractivity contribution in [3.8, 4) is 11.8 Å². The molecule has 9 heteroatoms. The number of aromatic nitrogens is 1. The Labute approximate surface area is 170 Å². The molecule has 0 spiro atoms. The molecule has 1 unspecified atom stereocenters. The van der Waals surface area contributed by atoms with Crippen LogP contribution in [0.1, 0.15) is 42.0 Å². The molecule has 6 nitrogen and oxygen atoms in total. The maximum absolute atomic E-state index is 12.6. The van der Waals surface area contributed by atoms with Gasteiger partial charge in [-0.3, -0.25) is 14.6 Å². The minimum atomic E-state index is -4.53. The number of pyridine rings is 1. The van der Waals surface area contributed by atoms with Crippen molar-refractivity contribution >= 4 is 17.4 Å². The first-order valence-electron chi connectivity index (χ1n) is 9.29. The van der Waals surface area contributed by atoms with Crippen molar-refractivity contribution in [1.29, 1.82) is 5.26 Å². The summed E-state index contributed by atoms with van der Waals surface area (Å²) < 4.78 is 43.5. The van der Waals surface area contributed by atoms with Crippen LogP contribution in [0.5, 0.6) is 5.75 Å². The van der Waals surface area contributed by atoms with Gasteiger partial charge in [-0.25, -0.2) is 0 Å². The van der Waals surface area contributed by atoms with E-state index in [2.05, 4.69) is 10.3 Å². The first kappa shape index (κ1) is 21.3. The Kier molecular flexibility index (Phi) is 6.35. The third-order valence-corrected chi connectivity index (χ3v) is 4.67. The maximum Gasteiger partial charge on any atom is 0.417 e. The molecule has 2 aromatic rings. The summed E-state index contributed by atoms with van der Waals surface area (Å²) in [6.07, 6.45) is -2.50. The van der Waals surface area contributed by atoms with Gasteiger partial charge in [0.05, 0.1) is 23.9 Å². The number of nitrogens with one attached hydrogen (secondary N) is 1. The predicted octanol–water partition coefficient (Wildman–Crippen LogP) is 4.02. The zero-order valence-corrected chi connectivity index (χ0v) is 15.8. The number of Topliss-reactive ketones (excluding diaryl/α,β-unsaturated/α-hetero) is 1. The number of ketones is 1. The summed E-state index contributed by atoms with van der Waals surface area (Å²) in [5, 5.41) is 12.0. The van der Waals surface area contributed by atoms with E-state index >= 15 is 0 Å². The average molecular weight is 417 g/mol. The van der Waals surface area contributed by atoms with Crippen LogP contribution in [0.15, 0.2) is 36.5 Å². The first-order valence-corrected chi connectivity index (χ1v) is 9.29. The number of carbonyl (C=O) groups is 2. The Bertz CT molecular complexity index is 982. The van der Waals surface area contributed by atoms with E-state index in [1.165, 1.54) is 0 Å². The van der Waals surface area contributed by atoms with Gasteiger partial charge in [-0.15, -0.1) is 0 Å². The summed E-state index contributed by atoms with van der Waals surface area (Å²) >= 11 is 0. The molecule has 156 valence electrons. The van der Waals surface area contributed by atoms with Gasteiger partial charge < -0.3 is 10.1 Å². The van der Waals surface area contributed by atoms with E-state index in [0.29, 0.717) is 31.2 Å². The van der Waals surface area contributed by atoms with Crippen LogP contribution in [0.4, 0.5) is 18.9 Å². The van der Waals surface area contributed by atoms with Crippen molar-refractivity contribution in [2.24, 2.45) is 0 Å². The highest BCUT2D eigenvalue weighted by Gasteiger charge is 2.31. The van der Waals surface area contributed by atoms with Crippen LogP contribution < -0.4 is 10.1 Å². The molecule has 1 aliphatic heterocycles. The summed E-state index contributed by atoms with van der Waals surface area (Å²) in [5.74, 6) is -1.07. The molecule has 0 saturated carbocycles. The van der Waals surface area contributed by atoms with Crippen LogP contribution >= 0.6 is 0 Å². The minimum absolute atomic E-state index is 0.00634. The summed E-state index contributed by atoms with van der Waals surface area (Å²) in [6.45, 7) is 0.232. The summed E-state index contributed by atoms with van der Waals surface area (Å²) in [6, 6.07) is 8.98. The predicted molar refractivity (Wildman–Crippen MR) is 101 cm³/mol. The van der Waals surface area contributed by atoms with Gasteiger partial charge in [0, 0.05) is 24.7 Å². The van der Waals surface area contributed by atoms with Crippen LogP contribution in [0.3, 0.4) is 0 Å². The largest absolute Gasteiger partial charge is 0.494 e. The van der Waals surface area contributed by atoms with Gasteiger partial charge in [0.2, 0.25) is 5.91 Å². The van der Waals surface area contributed by atoms with Crippen molar-refractivity contribution in [2.75, 3.05) is 11.9 Å². The highest BCUT2D eigenvalue weighted by atomic mass is 19.4. The van der Waals surface area contributed by atoms with E-state index in [-0.39, 0.29) is 24.6 Å². The Morgan fingerprint density at radius 3 is 2.73 bits per heavy atom. The summed E-state index contributed by atoms with van der Waals surface area (Å²) in [4.78, 5) is 27.3. The molecule has 1 amide bonds. The molecule has 1 N–H and O–H groups in total. The molecule has 30 heavy (non-hydrogen) atoms. The lowest BCUT2D eigenvalue weighted by molar-refractivity contribution is -0.137. The average Bonchev–Trinajstić information content (AvgIpc) is 2.71. The molecule has 0 radical (unpaired) electrons. The van der Waals surface area contributed by atoms with E-state index in [1.807, 2.05) is 6.07 Å². The fourth-order valence-electron chi connectivity index (χ4n) is 3.08. The maximum atomic E-state index is 12.6. The Morgan fingerprint density at radius 2 is 2.07 bits per heavy atom. The van der Waals surface area contributed by atoms with E-state index < -0.39 is 23.4 Å². The molecule has 0 bridgehead atoms. The second kappa shape index (κ2) is 8.95. The molecular weight excluding hydrogens is 399 g/mol. The van der Waals surface area contributed by atoms with Gasteiger partial charge in [0.25, 0.3) is 0 Å². The zero-order valence-electron chi connectivity index (χ0n) is 15.8. The zero-order chi connectivity index (χ0) is 21.7. The lowest BCUT2D eigenvalue weighted by atomic mass is 9.97.